The van der Waals surface area contributed by atoms with Crippen molar-refractivity contribution in [2.24, 2.45) is 11.8 Å². The number of esters is 1. The molecule has 1 spiro atoms. The SMILES string of the molecule is C=CCCC(=O)N[C@@H](COC)[C@@H](OC(=O)[C@@H]1[C@@H]2CC[C@]3(O2)[C@H](C(=O)N(CC=C)c2c(C)cccc2Cl)N(CCCCCO)C(=O)[C@@H]13)c1ccccc1. The number of nitrogens with one attached hydrogen (secondary N) is 1. The molecule has 2 aromatic rings. The summed E-state index contributed by atoms with van der Waals surface area (Å²) in [5.41, 5.74) is 0.673. The number of ether oxygens (including phenoxy) is 3. The van der Waals surface area contributed by atoms with Gasteiger partial charge in [0.2, 0.25) is 11.8 Å². The number of nitrogens with zero attached hydrogens (tertiary/aromatic N) is 2. The molecular weight excluding hydrogens is 686 g/mol. The number of carbonyl (C=O) groups excluding carboxylic acids is 4. The molecule has 2 bridgehead atoms. The lowest BCUT2D eigenvalue weighted by Crippen LogP contribution is -2.56. The number of halogens is 1. The van der Waals surface area contributed by atoms with Crippen LogP contribution in [0.3, 0.4) is 0 Å². The number of carbonyl (C=O) groups is 4. The van der Waals surface area contributed by atoms with Gasteiger partial charge in [0.05, 0.1) is 41.3 Å². The van der Waals surface area contributed by atoms with Gasteiger partial charge in [0, 0.05) is 33.2 Å². The van der Waals surface area contributed by atoms with Crippen molar-refractivity contribution in [1.29, 1.82) is 0 Å². The van der Waals surface area contributed by atoms with Crippen LogP contribution in [-0.2, 0) is 33.4 Å². The van der Waals surface area contributed by atoms with Crippen molar-refractivity contribution in [2.45, 2.75) is 81.8 Å². The largest absolute Gasteiger partial charge is 0.455 e. The highest BCUT2D eigenvalue weighted by atomic mass is 35.5. The van der Waals surface area contributed by atoms with Crippen LogP contribution in [0.1, 0.15) is 62.2 Å². The molecule has 12 heteroatoms. The van der Waals surface area contributed by atoms with Crippen LogP contribution in [0.15, 0.2) is 73.8 Å². The monoisotopic (exact) mass is 735 g/mol. The van der Waals surface area contributed by atoms with Gasteiger partial charge < -0.3 is 34.4 Å². The number of amides is 3. The van der Waals surface area contributed by atoms with Gasteiger partial charge in [0.1, 0.15) is 17.7 Å². The lowest BCUT2D eigenvalue weighted by molar-refractivity contribution is -0.163. The van der Waals surface area contributed by atoms with Crippen molar-refractivity contribution in [3.8, 4) is 0 Å². The average Bonchev–Trinajstić information content (AvgIpc) is 3.78. The molecule has 280 valence electrons. The third kappa shape index (κ3) is 7.83. The van der Waals surface area contributed by atoms with Gasteiger partial charge in [-0.3, -0.25) is 19.2 Å². The highest BCUT2D eigenvalue weighted by Crippen LogP contribution is 2.59. The Morgan fingerprint density at radius 2 is 1.90 bits per heavy atom. The summed E-state index contributed by atoms with van der Waals surface area (Å²) in [4.78, 5) is 60.1. The first-order valence-electron chi connectivity index (χ1n) is 18.0. The third-order valence-electron chi connectivity index (χ3n) is 10.4. The zero-order valence-electron chi connectivity index (χ0n) is 30.0. The van der Waals surface area contributed by atoms with E-state index in [0.717, 1.165) is 5.56 Å². The van der Waals surface area contributed by atoms with Crippen molar-refractivity contribution in [3.63, 3.8) is 0 Å². The first-order valence-corrected chi connectivity index (χ1v) is 18.4. The van der Waals surface area contributed by atoms with Gasteiger partial charge >= 0.3 is 5.97 Å². The quantitative estimate of drug-likeness (QED) is 0.116. The van der Waals surface area contributed by atoms with E-state index >= 15 is 0 Å². The summed E-state index contributed by atoms with van der Waals surface area (Å²) in [6.07, 6.45) is 4.96. The second kappa shape index (κ2) is 17.7. The number of aliphatic hydroxyl groups excluding tert-OH is 1. The van der Waals surface area contributed by atoms with Crippen LogP contribution in [0, 0.1) is 18.8 Å². The smallest absolute Gasteiger partial charge is 0.313 e. The maximum absolute atomic E-state index is 14.9. The fourth-order valence-corrected chi connectivity index (χ4v) is 8.49. The van der Waals surface area contributed by atoms with Gasteiger partial charge in [-0.2, -0.15) is 0 Å². The van der Waals surface area contributed by atoms with Gasteiger partial charge in [0.15, 0.2) is 0 Å². The Hall–Kier alpha value is -4.03. The molecule has 0 aliphatic carbocycles. The van der Waals surface area contributed by atoms with Crippen molar-refractivity contribution >= 4 is 41.0 Å². The number of unbranched alkanes of at least 4 members (excludes halogenated alkanes) is 2. The number of anilines is 1. The van der Waals surface area contributed by atoms with Crippen LogP contribution >= 0.6 is 11.6 Å². The van der Waals surface area contributed by atoms with Gasteiger partial charge in [-0.05, 0) is 62.6 Å². The molecule has 0 radical (unpaired) electrons. The summed E-state index contributed by atoms with van der Waals surface area (Å²) in [7, 11) is 1.50. The molecule has 0 unspecified atom stereocenters. The van der Waals surface area contributed by atoms with E-state index in [4.69, 9.17) is 25.8 Å². The standard InChI is InChI=1S/C40H50ClN3O8/c1-5-7-19-31(46)42-29(25-50-4)35(27-16-10-8-11-17-27)51-39(49)32-30-20-21-40(52-30)33(32)37(47)44(23-12-9-13-24-45)36(40)38(48)43(22-6-2)34-26(3)15-14-18-28(34)41/h5-6,8,10-11,14-18,29-30,32-33,35-36,45H,1-2,7,9,12-13,19-25H2,3-4H3,(H,42,46)/t29-,30-,32+,33+,35-,36-,40+/m0/s1. The molecule has 0 saturated carbocycles. The molecule has 7 atom stereocenters. The summed E-state index contributed by atoms with van der Waals surface area (Å²) >= 11 is 6.69. The minimum absolute atomic E-state index is 0.0157. The number of methoxy groups -OCH3 is 1. The highest BCUT2D eigenvalue weighted by molar-refractivity contribution is 6.34. The fourth-order valence-electron chi connectivity index (χ4n) is 8.17. The summed E-state index contributed by atoms with van der Waals surface area (Å²) < 4.78 is 18.5. The van der Waals surface area contributed by atoms with Crippen molar-refractivity contribution in [3.05, 3.63) is 90.0 Å². The zero-order valence-corrected chi connectivity index (χ0v) is 30.8. The van der Waals surface area contributed by atoms with Gasteiger partial charge in [-0.1, -0.05) is 66.2 Å². The number of para-hydroxylation sites is 1. The summed E-state index contributed by atoms with van der Waals surface area (Å²) in [6, 6.07) is 12.7. The maximum Gasteiger partial charge on any atom is 0.313 e. The number of hydrogen-bond acceptors (Lipinski definition) is 8. The zero-order chi connectivity index (χ0) is 37.4. The highest BCUT2D eigenvalue weighted by Gasteiger charge is 2.75. The first kappa shape index (κ1) is 39.2. The molecule has 0 aromatic heterocycles. The van der Waals surface area contributed by atoms with E-state index in [-0.39, 0.29) is 50.4 Å². The third-order valence-corrected chi connectivity index (χ3v) is 10.7. The Morgan fingerprint density at radius 3 is 2.58 bits per heavy atom. The normalized spacial score (nSPS) is 24.2. The number of aliphatic hydroxyl groups is 1. The predicted molar refractivity (Wildman–Crippen MR) is 198 cm³/mol. The van der Waals surface area contributed by atoms with E-state index in [2.05, 4.69) is 18.5 Å². The molecular formula is C40H50ClN3O8. The lowest BCUT2D eigenvalue weighted by atomic mass is 9.70. The summed E-state index contributed by atoms with van der Waals surface area (Å²) in [6.45, 7) is 9.90. The molecule has 3 aliphatic rings. The minimum atomic E-state index is -1.28. The Kier molecular flexibility index (Phi) is 13.3. The molecule has 11 nitrogen and oxygen atoms in total. The van der Waals surface area contributed by atoms with Gasteiger partial charge in [-0.25, -0.2) is 0 Å². The van der Waals surface area contributed by atoms with E-state index in [0.29, 0.717) is 54.8 Å². The number of fused-ring (bicyclic) bond motifs is 1. The van der Waals surface area contributed by atoms with Crippen LogP contribution in [0.4, 0.5) is 5.69 Å². The van der Waals surface area contributed by atoms with E-state index in [1.165, 1.54) is 7.11 Å². The Morgan fingerprint density at radius 1 is 1.13 bits per heavy atom. The number of likely N-dealkylation sites (tertiary alicyclic amines) is 1. The summed E-state index contributed by atoms with van der Waals surface area (Å²) in [5.74, 6) is -3.55. The maximum atomic E-state index is 14.9. The molecule has 5 rings (SSSR count). The van der Waals surface area contributed by atoms with Crippen LogP contribution in [-0.4, -0.2) is 90.9 Å². The molecule has 3 aliphatic heterocycles. The van der Waals surface area contributed by atoms with Crippen molar-refractivity contribution in [2.75, 3.05) is 38.3 Å². The second-order valence-corrected chi connectivity index (χ2v) is 14.1. The topological polar surface area (TPSA) is 135 Å². The van der Waals surface area contributed by atoms with E-state index in [1.807, 2.05) is 49.4 Å². The number of aryl methyl sites for hydroxylation is 1. The fraction of sp³-hybridized carbons (Fsp3) is 0.500. The second-order valence-electron chi connectivity index (χ2n) is 13.7. The minimum Gasteiger partial charge on any atom is -0.455 e. The van der Waals surface area contributed by atoms with Crippen molar-refractivity contribution < 1.29 is 38.5 Å². The molecule has 2 N–H and O–H groups in total. The van der Waals surface area contributed by atoms with Crippen LogP contribution in [0.25, 0.3) is 0 Å². The number of benzene rings is 2. The van der Waals surface area contributed by atoms with Gasteiger partial charge in [-0.15, -0.1) is 13.2 Å². The molecule has 52 heavy (non-hydrogen) atoms. The number of hydrogen-bond donors (Lipinski definition) is 2. The number of allylic oxidation sites excluding steroid dienone is 1. The lowest BCUT2D eigenvalue weighted by Gasteiger charge is -2.37. The molecule has 3 amide bonds. The van der Waals surface area contributed by atoms with E-state index in [9.17, 15) is 24.3 Å². The predicted octanol–water partition coefficient (Wildman–Crippen LogP) is 5.09. The Labute approximate surface area is 310 Å². The van der Waals surface area contributed by atoms with E-state index < -0.39 is 47.7 Å². The Balaban J connectivity index is 1.51. The van der Waals surface area contributed by atoms with Gasteiger partial charge in [0.25, 0.3) is 5.91 Å². The summed E-state index contributed by atoms with van der Waals surface area (Å²) in [5, 5.41) is 12.8. The van der Waals surface area contributed by atoms with Crippen LogP contribution in [0.5, 0.6) is 0 Å². The van der Waals surface area contributed by atoms with Crippen molar-refractivity contribution in [1.82, 2.24) is 10.2 Å². The van der Waals surface area contributed by atoms with Crippen LogP contribution in [0.2, 0.25) is 5.02 Å². The molecule has 3 saturated heterocycles. The Bertz CT molecular complexity index is 1600. The van der Waals surface area contributed by atoms with Crippen LogP contribution < -0.4 is 10.2 Å². The molecule has 2 aromatic carbocycles. The van der Waals surface area contributed by atoms with E-state index in [1.54, 1.807) is 28.0 Å². The average molecular weight is 736 g/mol. The number of rotatable bonds is 19. The first-order chi connectivity index (χ1) is 25.1. The molecule has 3 fully saturated rings. The molecule has 3 heterocycles.